The van der Waals surface area contributed by atoms with Gasteiger partial charge < -0.3 is 5.73 Å². The molecule has 3 rings (SSSR count). The second kappa shape index (κ2) is 5.73. The molecular formula is C17H13N5O. The lowest BCUT2D eigenvalue weighted by atomic mass is 10.1. The topological polar surface area (TPSA) is 97.6 Å². The molecule has 0 unspecified atom stereocenters. The zero-order valence-electron chi connectivity index (χ0n) is 12.4. The molecule has 0 atom stereocenters. The van der Waals surface area contributed by atoms with Gasteiger partial charge in [0.1, 0.15) is 11.8 Å². The first-order valence-electron chi connectivity index (χ1n) is 6.93. The van der Waals surface area contributed by atoms with Gasteiger partial charge in [-0.15, -0.1) is 5.10 Å². The predicted molar refractivity (Wildman–Crippen MR) is 84.8 cm³/mol. The van der Waals surface area contributed by atoms with Crippen LogP contribution in [0.25, 0.3) is 16.9 Å². The van der Waals surface area contributed by atoms with E-state index in [4.69, 9.17) is 5.73 Å². The minimum atomic E-state index is -0.494. The van der Waals surface area contributed by atoms with Gasteiger partial charge in [-0.1, -0.05) is 29.0 Å². The Morgan fingerprint density at radius 2 is 1.96 bits per heavy atom. The normalized spacial score (nSPS) is 10.3. The van der Waals surface area contributed by atoms with Crippen molar-refractivity contribution in [3.63, 3.8) is 0 Å². The number of aromatic nitrogens is 3. The van der Waals surface area contributed by atoms with Crippen LogP contribution in [0.4, 0.5) is 0 Å². The van der Waals surface area contributed by atoms with Gasteiger partial charge in [0.15, 0.2) is 5.69 Å². The maximum Gasteiger partial charge on any atom is 0.248 e. The van der Waals surface area contributed by atoms with Crippen LogP contribution in [0, 0.1) is 18.3 Å². The number of nitriles is 1. The molecule has 0 aliphatic heterocycles. The number of aryl methyl sites for hydroxylation is 1. The van der Waals surface area contributed by atoms with E-state index in [0.717, 1.165) is 11.1 Å². The van der Waals surface area contributed by atoms with E-state index in [9.17, 15) is 10.1 Å². The zero-order chi connectivity index (χ0) is 16.4. The number of carbonyl (C=O) groups excluding carboxylic acids is 1. The summed E-state index contributed by atoms with van der Waals surface area (Å²) in [5.74, 6) is -0.494. The highest BCUT2D eigenvalue weighted by Gasteiger charge is 2.16. The molecule has 23 heavy (non-hydrogen) atoms. The highest BCUT2D eigenvalue weighted by Crippen LogP contribution is 2.25. The summed E-state index contributed by atoms with van der Waals surface area (Å²) in [5, 5.41) is 17.3. The van der Waals surface area contributed by atoms with Crippen molar-refractivity contribution in [2.24, 2.45) is 5.73 Å². The fourth-order valence-electron chi connectivity index (χ4n) is 2.36. The number of primary amides is 1. The van der Waals surface area contributed by atoms with E-state index >= 15 is 0 Å². The minimum absolute atomic E-state index is 0.245. The molecule has 1 aromatic heterocycles. The average molecular weight is 303 g/mol. The molecular weight excluding hydrogens is 290 g/mol. The first-order chi connectivity index (χ1) is 11.1. The van der Waals surface area contributed by atoms with Crippen LogP contribution in [-0.2, 0) is 0 Å². The summed E-state index contributed by atoms with van der Waals surface area (Å²) in [5.41, 5.74) is 9.14. The summed E-state index contributed by atoms with van der Waals surface area (Å²) >= 11 is 0. The summed E-state index contributed by atoms with van der Waals surface area (Å²) in [6, 6.07) is 16.5. The number of hydrogen-bond donors (Lipinski definition) is 1. The first kappa shape index (κ1) is 14.5. The van der Waals surface area contributed by atoms with Gasteiger partial charge in [0.2, 0.25) is 5.91 Å². The van der Waals surface area contributed by atoms with Crippen LogP contribution >= 0.6 is 0 Å². The third-order valence-corrected chi connectivity index (χ3v) is 3.46. The summed E-state index contributed by atoms with van der Waals surface area (Å²) in [4.78, 5) is 11.2. The van der Waals surface area contributed by atoms with E-state index in [1.807, 2.05) is 31.2 Å². The molecule has 6 nitrogen and oxygen atoms in total. The van der Waals surface area contributed by atoms with Crippen molar-refractivity contribution in [1.29, 1.82) is 5.26 Å². The van der Waals surface area contributed by atoms with Crippen molar-refractivity contribution in [3.8, 4) is 23.0 Å². The van der Waals surface area contributed by atoms with E-state index in [2.05, 4.69) is 16.4 Å². The molecule has 2 N–H and O–H groups in total. The van der Waals surface area contributed by atoms with Crippen LogP contribution in [0.1, 0.15) is 21.6 Å². The lowest BCUT2D eigenvalue weighted by molar-refractivity contribution is 0.100. The van der Waals surface area contributed by atoms with Crippen molar-refractivity contribution in [2.45, 2.75) is 6.92 Å². The van der Waals surface area contributed by atoms with Gasteiger partial charge in [0, 0.05) is 11.1 Å². The summed E-state index contributed by atoms with van der Waals surface area (Å²) in [6.45, 7) is 1.98. The number of rotatable bonds is 3. The van der Waals surface area contributed by atoms with Crippen molar-refractivity contribution in [3.05, 3.63) is 65.4 Å². The monoisotopic (exact) mass is 303 g/mol. The third-order valence-electron chi connectivity index (χ3n) is 3.46. The number of benzene rings is 2. The van der Waals surface area contributed by atoms with Crippen LogP contribution in [0.3, 0.4) is 0 Å². The van der Waals surface area contributed by atoms with Crippen molar-refractivity contribution >= 4 is 5.91 Å². The molecule has 2 aromatic carbocycles. The van der Waals surface area contributed by atoms with E-state index < -0.39 is 5.91 Å². The Hall–Kier alpha value is -3.46. The van der Waals surface area contributed by atoms with Gasteiger partial charge in [-0.25, -0.2) is 4.68 Å². The molecule has 0 fully saturated rings. The maximum atomic E-state index is 11.2. The molecule has 0 bridgehead atoms. The molecule has 1 heterocycles. The Labute approximate surface area is 132 Å². The first-order valence-corrected chi connectivity index (χ1v) is 6.93. The van der Waals surface area contributed by atoms with Gasteiger partial charge in [-0.3, -0.25) is 4.79 Å². The number of nitrogens with two attached hydrogens (primary N) is 1. The Kier molecular flexibility index (Phi) is 3.61. The smallest absolute Gasteiger partial charge is 0.248 e. The van der Waals surface area contributed by atoms with E-state index in [1.165, 1.54) is 0 Å². The quantitative estimate of drug-likeness (QED) is 0.802. The Bertz CT molecular complexity index is 919. The number of amides is 1. The van der Waals surface area contributed by atoms with Crippen LogP contribution in [0.15, 0.2) is 48.5 Å². The summed E-state index contributed by atoms with van der Waals surface area (Å²) < 4.78 is 1.58. The Balaban J connectivity index is 2.16. The highest BCUT2D eigenvalue weighted by molar-refractivity contribution is 5.92. The van der Waals surface area contributed by atoms with Crippen LogP contribution in [0.5, 0.6) is 0 Å². The molecule has 0 spiro atoms. The second-order valence-corrected chi connectivity index (χ2v) is 5.09. The Morgan fingerprint density at radius 3 is 2.57 bits per heavy atom. The lowest BCUT2D eigenvalue weighted by Gasteiger charge is -2.08. The zero-order valence-corrected chi connectivity index (χ0v) is 12.4. The molecule has 0 aliphatic rings. The third kappa shape index (κ3) is 2.68. The molecule has 0 saturated heterocycles. The molecule has 3 aromatic rings. The van der Waals surface area contributed by atoms with Gasteiger partial charge in [-0.2, -0.15) is 5.26 Å². The Morgan fingerprint density at radius 1 is 1.22 bits per heavy atom. The van der Waals surface area contributed by atoms with E-state index in [1.54, 1.807) is 28.9 Å². The van der Waals surface area contributed by atoms with Gasteiger partial charge in [0.25, 0.3) is 0 Å². The molecule has 0 saturated carbocycles. The van der Waals surface area contributed by atoms with Gasteiger partial charge >= 0.3 is 0 Å². The minimum Gasteiger partial charge on any atom is -0.366 e. The fourth-order valence-corrected chi connectivity index (χ4v) is 2.36. The van der Waals surface area contributed by atoms with Gasteiger partial charge in [0.05, 0.1) is 5.69 Å². The molecule has 0 radical (unpaired) electrons. The standard InChI is InChI=1S/C17H13N5O/c1-11-3-2-4-13(9-11)16-15(10-18)20-21-22(16)14-7-5-12(6-8-14)17(19)23/h2-9H,1H3,(H2,19,23). The van der Waals surface area contributed by atoms with Gasteiger partial charge in [-0.05, 0) is 37.3 Å². The average Bonchev–Trinajstić information content (AvgIpc) is 2.99. The largest absolute Gasteiger partial charge is 0.366 e. The predicted octanol–water partition coefficient (Wildman–Crippen LogP) is 2.21. The van der Waals surface area contributed by atoms with Crippen LogP contribution in [-0.4, -0.2) is 20.9 Å². The van der Waals surface area contributed by atoms with E-state index in [0.29, 0.717) is 16.9 Å². The van der Waals surface area contributed by atoms with Crippen molar-refractivity contribution in [2.75, 3.05) is 0 Å². The maximum absolute atomic E-state index is 11.2. The summed E-state index contributed by atoms with van der Waals surface area (Å²) in [7, 11) is 0. The van der Waals surface area contributed by atoms with E-state index in [-0.39, 0.29) is 5.69 Å². The second-order valence-electron chi connectivity index (χ2n) is 5.09. The number of hydrogen-bond acceptors (Lipinski definition) is 4. The highest BCUT2D eigenvalue weighted by atomic mass is 16.1. The van der Waals surface area contributed by atoms with Crippen LogP contribution in [0.2, 0.25) is 0 Å². The van der Waals surface area contributed by atoms with Crippen molar-refractivity contribution < 1.29 is 4.79 Å². The molecule has 112 valence electrons. The van der Waals surface area contributed by atoms with Crippen molar-refractivity contribution in [1.82, 2.24) is 15.0 Å². The van der Waals surface area contributed by atoms with Crippen LogP contribution < -0.4 is 5.73 Å². The SMILES string of the molecule is Cc1cccc(-c2c(C#N)nnn2-c2ccc(C(N)=O)cc2)c1. The molecule has 6 heteroatoms. The fraction of sp³-hybridized carbons (Fsp3) is 0.0588. The summed E-state index contributed by atoms with van der Waals surface area (Å²) in [6.07, 6.45) is 0. The lowest BCUT2D eigenvalue weighted by Crippen LogP contribution is -2.11. The molecule has 1 amide bonds. The number of nitrogens with zero attached hydrogens (tertiary/aromatic N) is 4. The molecule has 0 aliphatic carbocycles. The number of carbonyl (C=O) groups is 1.